The van der Waals surface area contributed by atoms with Crippen molar-refractivity contribution in [2.24, 2.45) is 26.8 Å². The Morgan fingerprint density at radius 1 is 0.681 bits per heavy atom. The van der Waals surface area contributed by atoms with Gasteiger partial charge in [0.1, 0.15) is 47.2 Å². The lowest BCUT2D eigenvalue weighted by molar-refractivity contribution is 0.0620. The Hall–Kier alpha value is -6.47. The van der Waals surface area contributed by atoms with Crippen LogP contribution in [0.2, 0.25) is 0 Å². The number of halogens is 7. The van der Waals surface area contributed by atoms with Gasteiger partial charge in [-0.05, 0) is 150 Å². The number of benzene rings is 3. The number of hydrogen-bond acceptors (Lipinski definition) is 15. The van der Waals surface area contributed by atoms with E-state index in [0.29, 0.717) is 67.2 Å². The fourth-order valence-electron chi connectivity index (χ4n) is 5.19. The number of methoxy groups -OCH3 is 3. The highest BCUT2D eigenvalue weighted by molar-refractivity contribution is 9.11. The maximum absolute atomic E-state index is 13.0. The molecule has 0 spiro atoms. The molecule has 7 rings (SSSR count). The molecule has 0 saturated carbocycles. The summed E-state index contributed by atoms with van der Waals surface area (Å²) in [5.74, 6) is 0.268. The molecule has 17 nitrogen and oxygen atoms in total. The van der Waals surface area contributed by atoms with E-state index in [1.54, 1.807) is 49.6 Å². The first-order valence-corrected chi connectivity index (χ1v) is 23.0. The van der Waals surface area contributed by atoms with Crippen molar-refractivity contribution in [1.82, 2.24) is 20.4 Å². The molecular weight excluding hydrogens is 1170 g/mol. The highest BCUT2D eigenvalue weighted by Crippen LogP contribution is 2.26. The zero-order chi connectivity index (χ0) is 50.5. The van der Waals surface area contributed by atoms with E-state index < -0.39 is 5.82 Å². The Bertz CT molecular complexity index is 2760. The van der Waals surface area contributed by atoms with Gasteiger partial charge in [0.15, 0.2) is 29.9 Å². The van der Waals surface area contributed by atoms with Gasteiger partial charge < -0.3 is 35.7 Å². The topological polar surface area (TPSA) is 240 Å². The smallest absolute Gasteiger partial charge is 0.228 e. The minimum Gasteiger partial charge on any atom is -0.480 e. The summed E-state index contributed by atoms with van der Waals surface area (Å²) < 4.78 is 55.4. The van der Waals surface area contributed by atoms with Crippen LogP contribution in [0.1, 0.15) is 49.4 Å². The Kier molecular flexibility index (Phi) is 22.5. The Balaban J connectivity index is 0.000000209. The number of amidine groups is 3. The molecule has 0 bridgehead atoms. The highest BCUT2D eigenvalue weighted by atomic mass is 79.9. The average Bonchev–Trinajstić information content (AvgIpc) is 3.37. The third-order valence-corrected chi connectivity index (χ3v) is 11.0. The largest absolute Gasteiger partial charge is 0.480 e. The van der Waals surface area contributed by atoms with Crippen molar-refractivity contribution in [2.75, 3.05) is 39.9 Å². The van der Waals surface area contributed by atoms with Crippen LogP contribution in [-0.4, -0.2) is 89.1 Å². The summed E-state index contributed by atoms with van der Waals surface area (Å²) in [6.45, 7) is 0.0444. The molecule has 6 aromatic rings. The van der Waals surface area contributed by atoms with Gasteiger partial charge in [0.2, 0.25) is 23.4 Å². The number of pyridine rings is 3. The van der Waals surface area contributed by atoms with Crippen LogP contribution in [0.3, 0.4) is 0 Å². The number of ketones is 2. The lowest BCUT2D eigenvalue weighted by Gasteiger charge is -2.22. The first-order valence-electron chi connectivity index (χ1n) is 19.5. The van der Waals surface area contributed by atoms with Crippen LogP contribution >= 0.6 is 63.7 Å². The molecule has 0 fully saturated rings. The fraction of sp³-hybridized carbons (Fsp3) is 0.156. The number of nitrogens with two attached hydrogens (primary N) is 2. The Labute approximate surface area is 426 Å². The van der Waals surface area contributed by atoms with E-state index in [2.05, 4.69) is 99.5 Å². The van der Waals surface area contributed by atoms with Crippen molar-refractivity contribution in [1.29, 1.82) is 0 Å². The summed E-state index contributed by atoms with van der Waals surface area (Å²) in [5.41, 5.74) is 16.9. The van der Waals surface area contributed by atoms with Crippen LogP contribution in [0.4, 0.5) is 13.2 Å². The standard InChI is InChI=1S/C15H13BrFN3O3.C15H13BrFN3O2.C8H6BrFO.C7H8BrN3O2/c1-22-15-11(16)6-7-12(19-15)14(18)20-23-8-13(21)9-2-4-10(17)5-3-9;1-21-15-11(16)6-7-12(19-15)14-18-13(8-22-20-14)9-2-4-10(17)5-3-9;9-5-8(11)6-1-3-7(10)4-2-6;1-13-7-4(8)2-3-5(10-7)6(9)11-12/h2-7H,8H2,1H3,(H2,18,20);2-7,13H,8H2,1H3,(H,18,20);1-4H,5H2;2-3,12H,1H3,(H2,9,11). The SMILES string of the molecule is COc1nc(/C(N)=N/O)ccc1Br.COc1nc(/C(N)=N/OCC(=O)c2ccc(F)cc2)ccc1Br.COc1nc(C2=NC(c3ccc(F)cc3)CON2)ccc1Br.O=C(CBr)c1ccc(F)cc1. The predicted molar refractivity (Wildman–Crippen MR) is 265 cm³/mol. The molecule has 24 heteroatoms. The van der Waals surface area contributed by atoms with E-state index in [-0.39, 0.29) is 52.9 Å². The summed E-state index contributed by atoms with van der Waals surface area (Å²) >= 11 is 12.9. The van der Waals surface area contributed by atoms with Crippen molar-refractivity contribution in [3.8, 4) is 17.6 Å². The molecule has 1 aliphatic heterocycles. The number of nitrogens with zero attached hydrogens (tertiary/aromatic N) is 6. The van der Waals surface area contributed by atoms with Gasteiger partial charge in [-0.1, -0.05) is 38.4 Å². The summed E-state index contributed by atoms with van der Waals surface area (Å²) in [6.07, 6.45) is 0. The monoisotopic (exact) mass is 1210 g/mol. The number of ether oxygens (including phenoxy) is 3. The third kappa shape index (κ3) is 17.2. The lowest BCUT2D eigenvalue weighted by atomic mass is 10.1. The molecule has 3 aromatic heterocycles. The fourth-order valence-corrected chi connectivity index (χ4v) is 6.66. The second kappa shape index (κ2) is 28.1. The first-order chi connectivity index (χ1) is 33.1. The van der Waals surface area contributed by atoms with Gasteiger partial charge in [-0.3, -0.25) is 19.4 Å². The molecule has 4 heterocycles. The molecular formula is C45H40Br4F3N9O8. The molecule has 6 N–H and O–H groups in total. The van der Waals surface area contributed by atoms with Gasteiger partial charge in [0.05, 0.1) is 40.1 Å². The highest BCUT2D eigenvalue weighted by Gasteiger charge is 2.20. The Morgan fingerprint density at radius 2 is 1.13 bits per heavy atom. The van der Waals surface area contributed by atoms with E-state index >= 15 is 0 Å². The van der Waals surface area contributed by atoms with Crippen LogP contribution in [0.25, 0.3) is 0 Å². The van der Waals surface area contributed by atoms with Crippen LogP contribution in [0, 0.1) is 17.5 Å². The third-order valence-electron chi connectivity index (χ3n) is 8.66. The van der Waals surface area contributed by atoms with Gasteiger partial charge >= 0.3 is 0 Å². The Morgan fingerprint density at radius 3 is 1.61 bits per heavy atom. The number of alkyl halides is 1. The number of rotatable bonds is 13. The second-order valence-corrected chi connectivity index (χ2v) is 16.4. The lowest BCUT2D eigenvalue weighted by Crippen LogP contribution is -2.33. The van der Waals surface area contributed by atoms with Crippen LogP contribution in [0.5, 0.6) is 17.6 Å². The van der Waals surface area contributed by atoms with E-state index in [1.165, 1.54) is 74.9 Å². The second-order valence-electron chi connectivity index (χ2n) is 13.2. The van der Waals surface area contributed by atoms with Crippen LogP contribution in [-0.2, 0) is 9.68 Å². The van der Waals surface area contributed by atoms with Gasteiger partial charge in [-0.2, -0.15) is 0 Å². The van der Waals surface area contributed by atoms with Crippen molar-refractivity contribution in [2.45, 2.75) is 6.04 Å². The molecule has 1 aliphatic rings. The van der Waals surface area contributed by atoms with Crippen LogP contribution < -0.4 is 31.2 Å². The van der Waals surface area contributed by atoms with Crippen molar-refractivity contribution in [3.05, 3.63) is 174 Å². The van der Waals surface area contributed by atoms with Crippen LogP contribution in [0.15, 0.2) is 138 Å². The van der Waals surface area contributed by atoms with Crippen molar-refractivity contribution < 1.29 is 51.9 Å². The first kappa shape index (κ1) is 55.1. The number of aromatic nitrogens is 3. The number of Topliss-reactive ketones (excluding diaryl/α,β-unsaturated/α-hetero) is 2. The number of oxime groups is 2. The molecule has 0 aliphatic carbocycles. The summed E-state index contributed by atoms with van der Waals surface area (Å²) in [4.78, 5) is 50.1. The predicted octanol–water partition coefficient (Wildman–Crippen LogP) is 8.88. The maximum atomic E-state index is 13.0. The van der Waals surface area contributed by atoms with Crippen molar-refractivity contribution >= 4 is 92.8 Å². The molecule has 0 saturated heterocycles. The van der Waals surface area contributed by atoms with Crippen molar-refractivity contribution in [3.63, 3.8) is 0 Å². The molecule has 0 amide bonds. The number of nitrogens with one attached hydrogen (secondary N) is 1. The molecule has 69 heavy (non-hydrogen) atoms. The molecule has 0 radical (unpaired) electrons. The zero-order valence-corrected chi connectivity index (χ0v) is 42.7. The summed E-state index contributed by atoms with van der Waals surface area (Å²) in [6, 6.07) is 26.9. The normalized spacial score (nSPS) is 13.0. The summed E-state index contributed by atoms with van der Waals surface area (Å²) in [7, 11) is 4.51. The van der Waals surface area contributed by atoms with E-state index in [1.807, 2.05) is 6.07 Å². The molecule has 3 aromatic carbocycles. The molecule has 1 unspecified atom stereocenters. The summed E-state index contributed by atoms with van der Waals surface area (Å²) in [5, 5.41) is 15.1. The maximum Gasteiger partial charge on any atom is 0.228 e. The van der Waals surface area contributed by atoms with E-state index in [0.717, 1.165) is 10.0 Å². The number of aliphatic imine (C=N–C) groups is 1. The molecule has 362 valence electrons. The van der Waals surface area contributed by atoms with E-state index in [4.69, 9.17) is 40.6 Å². The van der Waals surface area contributed by atoms with E-state index in [9.17, 15) is 22.8 Å². The molecule has 1 atom stereocenters. The van der Waals surface area contributed by atoms with Gasteiger partial charge in [0.25, 0.3) is 0 Å². The minimum absolute atomic E-state index is 0.00251. The number of hydrogen-bond donors (Lipinski definition) is 4. The number of carbonyl (C=O) groups is 2. The quantitative estimate of drug-likeness (QED) is 0.0211. The van der Waals surface area contributed by atoms with Gasteiger partial charge in [-0.15, -0.1) is 0 Å². The van der Waals surface area contributed by atoms with Gasteiger partial charge in [0, 0.05) is 11.1 Å². The zero-order valence-electron chi connectivity index (χ0n) is 36.4. The number of hydroxylamine groups is 1. The number of carbonyl (C=O) groups excluding carboxylic acids is 2. The van der Waals surface area contributed by atoms with Gasteiger partial charge in [-0.25, -0.2) is 33.6 Å². The average molecular weight is 1210 g/mol. The minimum atomic E-state index is -0.417.